The van der Waals surface area contributed by atoms with Gasteiger partial charge in [0.1, 0.15) is 17.9 Å². The van der Waals surface area contributed by atoms with E-state index in [1.165, 1.54) is 23.3 Å². The van der Waals surface area contributed by atoms with Gasteiger partial charge in [0.15, 0.2) is 0 Å². The van der Waals surface area contributed by atoms with Crippen molar-refractivity contribution in [2.24, 2.45) is 0 Å². The van der Waals surface area contributed by atoms with Gasteiger partial charge in [0.25, 0.3) is 0 Å². The maximum absolute atomic E-state index is 13.2. The molecule has 1 aliphatic carbocycles. The minimum absolute atomic E-state index is 0.295. The Morgan fingerprint density at radius 1 is 1.26 bits per heavy atom. The Hall–Kier alpha value is -2.16. The summed E-state index contributed by atoms with van der Waals surface area (Å²) >= 11 is 0. The van der Waals surface area contributed by atoms with Crippen LogP contribution in [0.2, 0.25) is 0 Å². The fraction of sp³-hybridized carbons (Fsp3) is 0.188. The Kier molecular flexibility index (Phi) is 3.03. The highest BCUT2D eigenvalue weighted by Crippen LogP contribution is 2.35. The molecule has 19 heavy (non-hydrogen) atoms. The third kappa shape index (κ3) is 2.36. The second-order valence-electron chi connectivity index (χ2n) is 4.75. The number of fused-ring (bicyclic) bond motifs is 1. The summed E-state index contributed by atoms with van der Waals surface area (Å²) in [6.07, 6.45) is 1.61. The molecule has 2 aromatic rings. The van der Waals surface area contributed by atoms with Gasteiger partial charge in [-0.2, -0.15) is 0 Å². The molecule has 96 valence electrons. The lowest BCUT2D eigenvalue weighted by Gasteiger charge is -2.29. The largest absolute Gasteiger partial charge is 0.493 e. The lowest BCUT2D eigenvalue weighted by Crippen LogP contribution is -2.23. The molecule has 0 aromatic heterocycles. The first-order valence-electron chi connectivity index (χ1n) is 6.22. The van der Waals surface area contributed by atoms with E-state index in [9.17, 15) is 9.18 Å². The summed E-state index contributed by atoms with van der Waals surface area (Å²) in [5.41, 5.74) is 2.95. The quantitative estimate of drug-likeness (QED) is 0.784. The summed E-state index contributed by atoms with van der Waals surface area (Å²) in [7, 11) is 0. The van der Waals surface area contributed by atoms with Crippen LogP contribution < -0.4 is 4.74 Å². The molecule has 0 aliphatic heterocycles. The second kappa shape index (κ2) is 4.84. The second-order valence-corrected chi connectivity index (χ2v) is 4.75. The van der Waals surface area contributed by atoms with Crippen LogP contribution in [0.1, 0.15) is 27.4 Å². The number of rotatable bonds is 4. The molecule has 1 atom stereocenters. The lowest BCUT2D eigenvalue weighted by atomic mass is 9.78. The van der Waals surface area contributed by atoms with Gasteiger partial charge in [0.05, 0.1) is 6.61 Å². The van der Waals surface area contributed by atoms with E-state index in [1.54, 1.807) is 6.07 Å². The number of ether oxygens (including phenoxy) is 1. The summed E-state index contributed by atoms with van der Waals surface area (Å²) in [4.78, 5) is 10.7. The van der Waals surface area contributed by atoms with Crippen molar-refractivity contribution in [2.45, 2.75) is 12.3 Å². The first-order valence-corrected chi connectivity index (χ1v) is 6.22. The van der Waals surface area contributed by atoms with Crippen LogP contribution in [-0.4, -0.2) is 12.9 Å². The van der Waals surface area contributed by atoms with Crippen LogP contribution in [0.4, 0.5) is 4.39 Å². The fourth-order valence-electron chi connectivity index (χ4n) is 2.44. The first kappa shape index (κ1) is 11.9. The standard InChI is InChI=1S/C16H13FO2/c17-14-5-11(9-18)6-15(8-14)19-10-13-7-12-3-1-2-4-16(12)13/h1-6,8-9,13H,7,10H2. The topological polar surface area (TPSA) is 26.3 Å². The van der Waals surface area contributed by atoms with Crippen molar-refractivity contribution in [3.63, 3.8) is 0 Å². The Morgan fingerprint density at radius 2 is 2.11 bits per heavy atom. The van der Waals surface area contributed by atoms with E-state index >= 15 is 0 Å². The van der Waals surface area contributed by atoms with Crippen LogP contribution in [0.5, 0.6) is 5.75 Å². The average molecular weight is 256 g/mol. The van der Waals surface area contributed by atoms with Crippen molar-refractivity contribution in [2.75, 3.05) is 6.61 Å². The van der Waals surface area contributed by atoms with E-state index in [0.29, 0.717) is 30.1 Å². The predicted octanol–water partition coefficient (Wildman–Crippen LogP) is 3.36. The minimum atomic E-state index is -0.450. The average Bonchev–Trinajstić information content (AvgIpc) is 2.39. The van der Waals surface area contributed by atoms with E-state index in [0.717, 1.165) is 6.42 Å². The number of carbonyl (C=O) groups excluding carboxylic acids is 1. The van der Waals surface area contributed by atoms with Crippen molar-refractivity contribution >= 4 is 6.29 Å². The summed E-state index contributed by atoms with van der Waals surface area (Å²) < 4.78 is 18.8. The molecule has 3 heteroatoms. The molecule has 3 rings (SSSR count). The van der Waals surface area contributed by atoms with Crippen LogP contribution in [0.15, 0.2) is 42.5 Å². The van der Waals surface area contributed by atoms with Crippen LogP contribution in [0.25, 0.3) is 0 Å². The number of hydrogen-bond acceptors (Lipinski definition) is 2. The van der Waals surface area contributed by atoms with E-state index < -0.39 is 5.82 Å². The molecule has 0 fully saturated rings. The highest BCUT2D eigenvalue weighted by molar-refractivity contribution is 5.75. The summed E-state index contributed by atoms with van der Waals surface area (Å²) in [6, 6.07) is 12.3. The van der Waals surface area contributed by atoms with Crippen LogP contribution in [-0.2, 0) is 6.42 Å². The van der Waals surface area contributed by atoms with Gasteiger partial charge in [-0.3, -0.25) is 4.79 Å². The van der Waals surface area contributed by atoms with Gasteiger partial charge >= 0.3 is 0 Å². The molecule has 0 heterocycles. The maximum Gasteiger partial charge on any atom is 0.150 e. The molecule has 0 radical (unpaired) electrons. The lowest BCUT2D eigenvalue weighted by molar-refractivity contribution is 0.112. The minimum Gasteiger partial charge on any atom is -0.493 e. The van der Waals surface area contributed by atoms with Crippen molar-refractivity contribution in [3.8, 4) is 5.75 Å². The molecule has 0 N–H and O–H groups in total. The van der Waals surface area contributed by atoms with Crippen molar-refractivity contribution in [1.29, 1.82) is 0 Å². The number of carbonyl (C=O) groups is 1. The van der Waals surface area contributed by atoms with Gasteiger partial charge in [-0.1, -0.05) is 24.3 Å². The van der Waals surface area contributed by atoms with E-state index in [2.05, 4.69) is 12.1 Å². The first-order chi connectivity index (χ1) is 9.26. The monoisotopic (exact) mass is 256 g/mol. The molecular formula is C16H13FO2. The third-order valence-corrected chi connectivity index (χ3v) is 3.44. The van der Waals surface area contributed by atoms with E-state index in [4.69, 9.17) is 4.74 Å². The Labute approximate surface area is 110 Å². The zero-order valence-corrected chi connectivity index (χ0v) is 10.3. The zero-order chi connectivity index (χ0) is 13.2. The van der Waals surface area contributed by atoms with Gasteiger partial charge < -0.3 is 4.74 Å². The normalized spacial score (nSPS) is 16.4. The number of aldehydes is 1. The molecule has 0 bridgehead atoms. The van der Waals surface area contributed by atoms with Gasteiger partial charge in [-0.15, -0.1) is 0 Å². The van der Waals surface area contributed by atoms with Gasteiger partial charge in [0.2, 0.25) is 0 Å². The van der Waals surface area contributed by atoms with E-state index in [1.807, 2.05) is 12.1 Å². The zero-order valence-electron chi connectivity index (χ0n) is 10.3. The Balaban J connectivity index is 1.68. The Bertz CT molecular complexity index is 622. The highest BCUT2D eigenvalue weighted by Gasteiger charge is 2.25. The fourth-order valence-corrected chi connectivity index (χ4v) is 2.44. The molecule has 1 aliphatic rings. The summed E-state index contributed by atoms with van der Waals surface area (Å²) in [6.45, 7) is 0.513. The molecule has 0 saturated carbocycles. The van der Waals surface area contributed by atoms with E-state index in [-0.39, 0.29) is 0 Å². The van der Waals surface area contributed by atoms with Crippen molar-refractivity contribution in [3.05, 3.63) is 65.0 Å². The van der Waals surface area contributed by atoms with Gasteiger partial charge in [0, 0.05) is 17.5 Å². The SMILES string of the molecule is O=Cc1cc(F)cc(OCC2Cc3ccccc32)c1. The van der Waals surface area contributed by atoms with Crippen molar-refractivity contribution < 1.29 is 13.9 Å². The van der Waals surface area contributed by atoms with Crippen LogP contribution in [0.3, 0.4) is 0 Å². The van der Waals surface area contributed by atoms with Crippen LogP contribution >= 0.6 is 0 Å². The molecule has 1 unspecified atom stereocenters. The van der Waals surface area contributed by atoms with Crippen LogP contribution in [0, 0.1) is 5.82 Å². The molecule has 0 spiro atoms. The summed E-state index contributed by atoms with van der Waals surface area (Å²) in [5.74, 6) is 0.319. The molecule has 2 aromatic carbocycles. The predicted molar refractivity (Wildman–Crippen MR) is 70.2 cm³/mol. The third-order valence-electron chi connectivity index (χ3n) is 3.44. The molecule has 2 nitrogen and oxygen atoms in total. The van der Waals surface area contributed by atoms with Crippen molar-refractivity contribution in [1.82, 2.24) is 0 Å². The molecular weight excluding hydrogens is 243 g/mol. The van der Waals surface area contributed by atoms with Gasteiger partial charge in [-0.05, 0) is 29.7 Å². The molecule has 0 amide bonds. The Morgan fingerprint density at radius 3 is 2.89 bits per heavy atom. The number of benzene rings is 2. The number of halogens is 1. The smallest absolute Gasteiger partial charge is 0.150 e. The van der Waals surface area contributed by atoms with Gasteiger partial charge in [-0.25, -0.2) is 4.39 Å². The highest BCUT2D eigenvalue weighted by atomic mass is 19.1. The summed E-state index contributed by atoms with van der Waals surface area (Å²) in [5, 5.41) is 0. The maximum atomic E-state index is 13.2. The molecule has 0 saturated heterocycles. The number of hydrogen-bond donors (Lipinski definition) is 0.